The van der Waals surface area contributed by atoms with Crippen LogP contribution in [0.25, 0.3) is 6.08 Å². The van der Waals surface area contributed by atoms with Crippen LogP contribution in [-0.2, 0) is 0 Å². The van der Waals surface area contributed by atoms with Gasteiger partial charge in [0.2, 0.25) is 0 Å². The Morgan fingerprint density at radius 3 is 2.55 bits per heavy atom. The Morgan fingerprint density at radius 1 is 1.10 bits per heavy atom. The third-order valence-electron chi connectivity index (χ3n) is 2.60. The third-order valence-corrected chi connectivity index (χ3v) is 3.15. The molecule has 0 aliphatic heterocycles. The Kier molecular flexibility index (Phi) is 5.22. The Labute approximate surface area is 128 Å². The predicted octanol–water partition coefficient (Wildman–Crippen LogP) is 5.49. The highest BCUT2D eigenvalue weighted by Crippen LogP contribution is 2.25. The van der Waals surface area contributed by atoms with Gasteiger partial charge in [0.25, 0.3) is 0 Å². The zero-order chi connectivity index (χ0) is 14.4. The van der Waals surface area contributed by atoms with Crippen molar-refractivity contribution in [2.24, 2.45) is 5.10 Å². The molecule has 0 saturated heterocycles. The van der Waals surface area contributed by atoms with E-state index in [4.69, 9.17) is 23.2 Å². The minimum Gasteiger partial charge on any atom is -0.277 e. The fraction of sp³-hybridized carbons (Fsp3) is 0.0625. The molecule has 0 atom stereocenters. The van der Waals surface area contributed by atoms with E-state index in [9.17, 15) is 0 Å². The summed E-state index contributed by atoms with van der Waals surface area (Å²) in [6.07, 6.45) is 3.94. The van der Waals surface area contributed by atoms with Crippen molar-refractivity contribution in [2.75, 3.05) is 5.43 Å². The number of halogens is 2. The fourth-order valence-corrected chi connectivity index (χ4v) is 2.00. The van der Waals surface area contributed by atoms with E-state index < -0.39 is 0 Å². The Morgan fingerprint density at radius 2 is 1.85 bits per heavy atom. The zero-order valence-electron chi connectivity index (χ0n) is 11.0. The molecule has 0 amide bonds. The van der Waals surface area contributed by atoms with Gasteiger partial charge >= 0.3 is 0 Å². The third kappa shape index (κ3) is 4.41. The van der Waals surface area contributed by atoms with Crippen LogP contribution in [-0.4, -0.2) is 5.71 Å². The predicted molar refractivity (Wildman–Crippen MR) is 88.7 cm³/mol. The van der Waals surface area contributed by atoms with Gasteiger partial charge in [-0.3, -0.25) is 5.43 Å². The number of allylic oxidation sites excluding steroid dienone is 1. The SMILES string of the molecule is C/C(C=Cc1ccccc1)=N\Nc1ccc(Cl)cc1Cl. The molecule has 0 aromatic heterocycles. The molecule has 102 valence electrons. The molecule has 0 heterocycles. The lowest BCUT2D eigenvalue weighted by Gasteiger charge is -2.04. The quantitative estimate of drug-likeness (QED) is 0.586. The summed E-state index contributed by atoms with van der Waals surface area (Å²) < 4.78 is 0. The number of rotatable bonds is 4. The average Bonchev–Trinajstić information content (AvgIpc) is 2.45. The van der Waals surface area contributed by atoms with Crippen molar-refractivity contribution in [2.45, 2.75) is 6.92 Å². The van der Waals surface area contributed by atoms with E-state index in [-0.39, 0.29) is 0 Å². The first kappa shape index (κ1) is 14.6. The summed E-state index contributed by atoms with van der Waals surface area (Å²) in [4.78, 5) is 0. The molecule has 2 rings (SSSR count). The van der Waals surface area contributed by atoms with Crippen LogP contribution in [0, 0.1) is 0 Å². The second-order valence-corrected chi connectivity index (χ2v) is 5.08. The summed E-state index contributed by atoms with van der Waals surface area (Å²) in [5, 5.41) is 5.40. The second kappa shape index (κ2) is 7.13. The molecule has 0 unspecified atom stereocenters. The highest BCUT2D eigenvalue weighted by atomic mass is 35.5. The van der Waals surface area contributed by atoms with Gasteiger partial charge in [0.15, 0.2) is 0 Å². The molecule has 0 bridgehead atoms. The lowest BCUT2D eigenvalue weighted by molar-refractivity contribution is 1.33. The molecule has 0 aliphatic rings. The lowest BCUT2D eigenvalue weighted by atomic mass is 10.2. The number of hydrogen-bond donors (Lipinski definition) is 1. The van der Waals surface area contributed by atoms with Gasteiger partial charge in [-0.05, 0) is 36.8 Å². The molecule has 0 fully saturated rings. The molecule has 0 spiro atoms. The molecule has 20 heavy (non-hydrogen) atoms. The van der Waals surface area contributed by atoms with Crippen molar-refractivity contribution in [3.63, 3.8) is 0 Å². The Balaban J connectivity index is 2.02. The second-order valence-electron chi connectivity index (χ2n) is 4.23. The van der Waals surface area contributed by atoms with E-state index in [0.717, 1.165) is 17.0 Å². The van der Waals surface area contributed by atoms with Crippen LogP contribution in [0.2, 0.25) is 10.0 Å². The summed E-state index contributed by atoms with van der Waals surface area (Å²) >= 11 is 11.9. The molecule has 2 aromatic rings. The van der Waals surface area contributed by atoms with Gasteiger partial charge in [0.1, 0.15) is 0 Å². The minimum absolute atomic E-state index is 0.543. The van der Waals surface area contributed by atoms with Crippen LogP contribution in [0.3, 0.4) is 0 Å². The fourth-order valence-electron chi connectivity index (χ4n) is 1.55. The van der Waals surface area contributed by atoms with Gasteiger partial charge in [-0.1, -0.05) is 59.6 Å². The lowest BCUT2D eigenvalue weighted by Crippen LogP contribution is -1.94. The van der Waals surface area contributed by atoms with E-state index >= 15 is 0 Å². The first-order chi connectivity index (χ1) is 9.65. The van der Waals surface area contributed by atoms with Crippen LogP contribution in [0.5, 0.6) is 0 Å². The van der Waals surface area contributed by atoms with Crippen LogP contribution < -0.4 is 5.43 Å². The van der Waals surface area contributed by atoms with Gasteiger partial charge in [0, 0.05) is 5.02 Å². The van der Waals surface area contributed by atoms with Crippen molar-refractivity contribution in [1.29, 1.82) is 0 Å². The van der Waals surface area contributed by atoms with E-state index in [1.165, 1.54) is 0 Å². The summed E-state index contributed by atoms with van der Waals surface area (Å²) in [7, 11) is 0. The Hall–Kier alpha value is -1.77. The maximum Gasteiger partial charge on any atom is 0.0749 e. The first-order valence-corrected chi connectivity index (χ1v) is 6.89. The van der Waals surface area contributed by atoms with E-state index in [0.29, 0.717) is 10.0 Å². The van der Waals surface area contributed by atoms with E-state index in [1.54, 1.807) is 18.2 Å². The molecule has 4 heteroatoms. The highest BCUT2D eigenvalue weighted by molar-refractivity contribution is 6.36. The summed E-state index contributed by atoms with van der Waals surface area (Å²) in [5.41, 5.74) is 5.63. The molecule has 0 aliphatic carbocycles. The molecule has 1 N–H and O–H groups in total. The topological polar surface area (TPSA) is 24.4 Å². The summed E-state index contributed by atoms with van der Waals surface area (Å²) in [6.45, 7) is 1.91. The molecule has 0 radical (unpaired) electrons. The number of hydrazone groups is 1. The number of nitrogens with zero attached hydrogens (tertiary/aromatic N) is 1. The first-order valence-electron chi connectivity index (χ1n) is 6.13. The zero-order valence-corrected chi connectivity index (χ0v) is 12.5. The van der Waals surface area contributed by atoms with Crippen molar-refractivity contribution in [1.82, 2.24) is 0 Å². The van der Waals surface area contributed by atoms with E-state index in [2.05, 4.69) is 10.5 Å². The molecule has 2 nitrogen and oxygen atoms in total. The van der Waals surface area contributed by atoms with Crippen LogP contribution in [0.4, 0.5) is 5.69 Å². The number of benzene rings is 2. The minimum atomic E-state index is 0.543. The monoisotopic (exact) mass is 304 g/mol. The van der Waals surface area contributed by atoms with Gasteiger partial charge in [0.05, 0.1) is 16.4 Å². The average molecular weight is 305 g/mol. The van der Waals surface area contributed by atoms with Crippen LogP contribution in [0.1, 0.15) is 12.5 Å². The summed E-state index contributed by atoms with van der Waals surface area (Å²) in [6, 6.07) is 15.3. The van der Waals surface area contributed by atoms with Gasteiger partial charge < -0.3 is 0 Å². The maximum absolute atomic E-state index is 6.05. The van der Waals surface area contributed by atoms with E-state index in [1.807, 2.05) is 49.4 Å². The van der Waals surface area contributed by atoms with Gasteiger partial charge in [-0.25, -0.2) is 0 Å². The van der Waals surface area contributed by atoms with Crippen molar-refractivity contribution < 1.29 is 0 Å². The molecular formula is C16H14Cl2N2. The smallest absolute Gasteiger partial charge is 0.0749 e. The molecule has 2 aromatic carbocycles. The van der Waals surface area contributed by atoms with Crippen molar-refractivity contribution in [3.05, 3.63) is 70.2 Å². The van der Waals surface area contributed by atoms with Crippen molar-refractivity contribution >= 4 is 40.7 Å². The largest absolute Gasteiger partial charge is 0.277 e. The molecular weight excluding hydrogens is 291 g/mol. The Bertz CT molecular complexity index is 634. The van der Waals surface area contributed by atoms with Gasteiger partial charge in [-0.15, -0.1) is 0 Å². The standard InChI is InChI=1S/C16H14Cl2N2/c1-12(7-8-13-5-3-2-4-6-13)19-20-16-10-9-14(17)11-15(16)18/h2-11,20H,1H3/b8-7?,19-12+. The highest BCUT2D eigenvalue weighted by Gasteiger charge is 1.99. The normalized spacial score (nSPS) is 11.8. The number of hydrogen-bond acceptors (Lipinski definition) is 2. The number of nitrogens with one attached hydrogen (secondary N) is 1. The molecule has 0 saturated carbocycles. The van der Waals surface area contributed by atoms with Crippen molar-refractivity contribution in [3.8, 4) is 0 Å². The van der Waals surface area contributed by atoms with Crippen LogP contribution in [0.15, 0.2) is 59.7 Å². The van der Waals surface area contributed by atoms with Gasteiger partial charge in [-0.2, -0.15) is 5.10 Å². The number of anilines is 1. The van der Waals surface area contributed by atoms with Crippen LogP contribution >= 0.6 is 23.2 Å². The summed E-state index contributed by atoms with van der Waals surface area (Å²) in [5.74, 6) is 0. The maximum atomic E-state index is 6.05.